The zero-order valence-corrected chi connectivity index (χ0v) is 13.3. The van der Waals surface area contributed by atoms with Crippen molar-refractivity contribution in [2.75, 3.05) is 20.8 Å². The highest BCUT2D eigenvalue weighted by Gasteiger charge is 2.21. The summed E-state index contributed by atoms with van der Waals surface area (Å²) in [7, 11) is -0.735. The molecule has 6 nitrogen and oxygen atoms in total. The van der Waals surface area contributed by atoms with Crippen LogP contribution in [0.3, 0.4) is 0 Å². The zero-order valence-electron chi connectivity index (χ0n) is 10.9. The molecule has 8 heteroatoms. The number of methoxy groups -OCH3 is 2. The van der Waals surface area contributed by atoms with Crippen molar-refractivity contribution in [2.45, 2.75) is 17.9 Å². The van der Waals surface area contributed by atoms with Gasteiger partial charge in [-0.05, 0) is 28.9 Å². The molecule has 0 saturated heterocycles. The predicted molar refractivity (Wildman–Crippen MR) is 76.1 cm³/mol. The second kappa shape index (κ2) is 6.56. The van der Waals surface area contributed by atoms with E-state index in [-0.39, 0.29) is 17.5 Å². The summed E-state index contributed by atoms with van der Waals surface area (Å²) in [6.07, 6.45) is 0. The number of nitrogens with one attached hydrogen (secondary N) is 1. The summed E-state index contributed by atoms with van der Waals surface area (Å²) in [6, 6.07) is 2.67. The average Bonchev–Trinajstić information content (AvgIpc) is 2.35. The lowest BCUT2D eigenvalue weighted by Crippen LogP contribution is -2.35. The summed E-state index contributed by atoms with van der Waals surface area (Å²) in [6.45, 7) is 1.87. The Bertz CT molecular complexity index is 546. The van der Waals surface area contributed by atoms with Gasteiger partial charge in [-0.1, -0.05) is 0 Å². The van der Waals surface area contributed by atoms with E-state index in [1.807, 2.05) is 0 Å². The van der Waals surface area contributed by atoms with Gasteiger partial charge in [-0.25, -0.2) is 13.1 Å². The van der Waals surface area contributed by atoms with Gasteiger partial charge in [0.05, 0.1) is 14.2 Å². The maximum atomic E-state index is 12.1. The number of halogens is 1. The lowest BCUT2D eigenvalue weighted by molar-refractivity contribution is 0.353. The van der Waals surface area contributed by atoms with Crippen LogP contribution in [-0.4, -0.2) is 35.2 Å². The first-order valence-electron chi connectivity index (χ1n) is 5.48. The Morgan fingerprint density at radius 2 is 1.84 bits per heavy atom. The standard InChI is InChI=1S/C11H17BrN2O4S/c1-7(13)6-14-19(15,16)11-5-10(18-3)9(17-2)4-8(11)12/h4-5,7,14H,6,13H2,1-3H3. The second-order valence-corrected chi connectivity index (χ2v) is 6.56. The first-order valence-corrected chi connectivity index (χ1v) is 7.76. The van der Waals surface area contributed by atoms with Crippen molar-refractivity contribution in [1.29, 1.82) is 0 Å². The minimum absolute atomic E-state index is 0.0748. The molecule has 0 spiro atoms. The van der Waals surface area contributed by atoms with Crippen molar-refractivity contribution in [1.82, 2.24) is 4.72 Å². The van der Waals surface area contributed by atoms with Crippen LogP contribution in [0.15, 0.2) is 21.5 Å². The molecule has 0 heterocycles. The number of hydrogen-bond acceptors (Lipinski definition) is 5. The van der Waals surface area contributed by atoms with Crippen LogP contribution in [0.25, 0.3) is 0 Å². The minimum Gasteiger partial charge on any atom is -0.493 e. The molecule has 3 N–H and O–H groups in total. The van der Waals surface area contributed by atoms with Gasteiger partial charge in [0.2, 0.25) is 10.0 Å². The number of benzene rings is 1. The summed E-state index contributed by atoms with van der Waals surface area (Å²) in [5.74, 6) is 0.785. The molecule has 0 fully saturated rings. The van der Waals surface area contributed by atoms with Crippen molar-refractivity contribution in [3.05, 3.63) is 16.6 Å². The van der Waals surface area contributed by atoms with Gasteiger partial charge in [0.25, 0.3) is 0 Å². The van der Waals surface area contributed by atoms with Gasteiger partial charge < -0.3 is 15.2 Å². The van der Waals surface area contributed by atoms with Crippen molar-refractivity contribution < 1.29 is 17.9 Å². The van der Waals surface area contributed by atoms with E-state index < -0.39 is 10.0 Å². The molecule has 0 bridgehead atoms. The van der Waals surface area contributed by atoms with Gasteiger partial charge in [-0.2, -0.15) is 0 Å². The van der Waals surface area contributed by atoms with Crippen LogP contribution in [0, 0.1) is 0 Å². The fourth-order valence-electron chi connectivity index (χ4n) is 1.36. The molecule has 108 valence electrons. The quantitative estimate of drug-likeness (QED) is 0.799. The molecular weight excluding hydrogens is 336 g/mol. The molecule has 0 aromatic heterocycles. The molecule has 1 atom stereocenters. The van der Waals surface area contributed by atoms with Crippen molar-refractivity contribution in [3.8, 4) is 11.5 Å². The maximum absolute atomic E-state index is 12.1. The smallest absolute Gasteiger partial charge is 0.241 e. The Labute approximate surface area is 121 Å². The Morgan fingerprint density at radius 1 is 1.32 bits per heavy atom. The highest BCUT2D eigenvalue weighted by atomic mass is 79.9. The lowest BCUT2D eigenvalue weighted by Gasteiger charge is -2.13. The van der Waals surface area contributed by atoms with E-state index in [4.69, 9.17) is 15.2 Å². The van der Waals surface area contributed by atoms with Crippen LogP contribution in [0.1, 0.15) is 6.92 Å². The third-order valence-electron chi connectivity index (χ3n) is 2.32. The van der Waals surface area contributed by atoms with Crippen LogP contribution in [0.5, 0.6) is 11.5 Å². The third-order valence-corrected chi connectivity index (χ3v) is 4.70. The molecule has 1 aromatic rings. The Hall–Kier alpha value is -0.830. The van der Waals surface area contributed by atoms with E-state index in [1.165, 1.54) is 20.3 Å². The molecule has 0 aliphatic rings. The SMILES string of the molecule is COc1cc(Br)c(S(=O)(=O)NCC(C)N)cc1OC. The monoisotopic (exact) mass is 352 g/mol. The van der Waals surface area contributed by atoms with Gasteiger partial charge in [0.15, 0.2) is 11.5 Å². The van der Waals surface area contributed by atoms with Crippen molar-refractivity contribution in [2.24, 2.45) is 5.73 Å². The number of nitrogens with two attached hydrogens (primary N) is 1. The minimum atomic E-state index is -3.66. The fraction of sp³-hybridized carbons (Fsp3) is 0.455. The first kappa shape index (κ1) is 16.2. The van der Waals surface area contributed by atoms with E-state index in [0.29, 0.717) is 16.0 Å². The molecule has 0 saturated carbocycles. The van der Waals surface area contributed by atoms with E-state index >= 15 is 0 Å². The molecule has 1 aromatic carbocycles. The molecule has 0 aliphatic heterocycles. The fourth-order valence-corrected chi connectivity index (χ4v) is 3.54. The van der Waals surface area contributed by atoms with Crippen LogP contribution < -0.4 is 19.9 Å². The molecular formula is C11H17BrN2O4S. The van der Waals surface area contributed by atoms with Gasteiger partial charge in [-0.15, -0.1) is 0 Å². The van der Waals surface area contributed by atoms with Crippen LogP contribution in [0.4, 0.5) is 0 Å². The second-order valence-electron chi connectivity index (χ2n) is 3.97. The summed E-state index contributed by atoms with van der Waals surface area (Å²) >= 11 is 3.21. The summed E-state index contributed by atoms with van der Waals surface area (Å²) in [5, 5.41) is 0. The summed E-state index contributed by atoms with van der Waals surface area (Å²) < 4.78 is 37.3. The van der Waals surface area contributed by atoms with E-state index in [0.717, 1.165) is 0 Å². The van der Waals surface area contributed by atoms with Crippen LogP contribution >= 0.6 is 15.9 Å². The van der Waals surface area contributed by atoms with Gasteiger partial charge in [0.1, 0.15) is 4.90 Å². The number of rotatable bonds is 6. The predicted octanol–water partition coefficient (Wildman–Crippen LogP) is 1.09. The molecule has 0 radical (unpaired) electrons. The zero-order chi connectivity index (χ0) is 14.6. The molecule has 0 aliphatic carbocycles. The number of ether oxygens (including phenoxy) is 2. The van der Waals surface area contributed by atoms with Crippen LogP contribution in [-0.2, 0) is 10.0 Å². The highest BCUT2D eigenvalue weighted by Crippen LogP contribution is 2.35. The number of sulfonamides is 1. The Balaban J connectivity index is 3.19. The normalized spacial score (nSPS) is 13.1. The van der Waals surface area contributed by atoms with E-state index in [1.54, 1.807) is 13.0 Å². The average molecular weight is 353 g/mol. The number of hydrogen-bond donors (Lipinski definition) is 2. The summed E-state index contributed by atoms with van der Waals surface area (Å²) in [4.78, 5) is 0.0748. The topological polar surface area (TPSA) is 90.7 Å². The van der Waals surface area contributed by atoms with Gasteiger partial charge in [-0.3, -0.25) is 0 Å². The van der Waals surface area contributed by atoms with Gasteiger partial charge >= 0.3 is 0 Å². The van der Waals surface area contributed by atoms with Crippen molar-refractivity contribution in [3.63, 3.8) is 0 Å². The van der Waals surface area contributed by atoms with Crippen LogP contribution in [0.2, 0.25) is 0 Å². The Morgan fingerprint density at radius 3 is 2.32 bits per heavy atom. The van der Waals surface area contributed by atoms with E-state index in [2.05, 4.69) is 20.7 Å². The largest absolute Gasteiger partial charge is 0.493 e. The third kappa shape index (κ3) is 4.07. The van der Waals surface area contributed by atoms with E-state index in [9.17, 15) is 8.42 Å². The van der Waals surface area contributed by atoms with Crippen molar-refractivity contribution >= 4 is 26.0 Å². The lowest BCUT2D eigenvalue weighted by atomic mass is 10.3. The Kier molecular flexibility index (Phi) is 5.60. The summed E-state index contributed by atoms with van der Waals surface area (Å²) in [5.41, 5.74) is 5.53. The highest BCUT2D eigenvalue weighted by molar-refractivity contribution is 9.10. The molecule has 1 unspecified atom stereocenters. The first-order chi connectivity index (χ1) is 8.81. The molecule has 0 amide bonds. The maximum Gasteiger partial charge on any atom is 0.241 e. The molecule has 19 heavy (non-hydrogen) atoms. The molecule has 1 rings (SSSR count). The van der Waals surface area contributed by atoms with Gasteiger partial charge in [0, 0.05) is 23.1 Å².